The van der Waals surface area contributed by atoms with Crippen LogP contribution in [0.4, 0.5) is 11.4 Å². The van der Waals surface area contributed by atoms with Crippen molar-refractivity contribution in [2.45, 2.75) is 25.8 Å². The zero-order valence-electron chi connectivity index (χ0n) is 11.5. The van der Waals surface area contributed by atoms with Crippen LogP contribution < -0.4 is 4.90 Å². The number of hydrogen-bond acceptors (Lipinski definition) is 2. The minimum Gasteiger partial charge on any atom is -0.338 e. The second kappa shape index (κ2) is 4.37. The van der Waals surface area contributed by atoms with E-state index in [1.54, 1.807) is 0 Å². The minimum atomic E-state index is 0.505. The standard InChI is InChI=1S/C17H17N3/c1-12-9-10-13-5-2-3-7-16(13)20(12)17-8-4-6-15-14(17)11-18-19-15/h2-8,11-12H,9-10H2,1H3,(H,18,19). The molecule has 0 fully saturated rings. The van der Waals surface area contributed by atoms with E-state index in [4.69, 9.17) is 0 Å². The number of anilines is 2. The average molecular weight is 263 g/mol. The zero-order valence-corrected chi connectivity index (χ0v) is 11.5. The van der Waals surface area contributed by atoms with Crippen LogP contribution in [0.2, 0.25) is 0 Å². The van der Waals surface area contributed by atoms with Crippen LogP contribution in [0, 0.1) is 0 Å². The van der Waals surface area contributed by atoms with Crippen LogP contribution in [0.5, 0.6) is 0 Å². The predicted molar refractivity (Wildman–Crippen MR) is 82.5 cm³/mol. The molecule has 2 heterocycles. The van der Waals surface area contributed by atoms with E-state index in [1.807, 2.05) is 6.20 Å². The van der Waals surface area contributed by atoms with Crippen LogP contribution in [0.1, 0.15) is 18.9 Å². The van der Waals surface area contributed by atoms with E-state index in [0.29, 0.717) is 6.04 Å². The number of nitrogens with one attached hydrogen (secondary N) is 1. The Morgan fingerprint density at radius 2 is 1.95 bits per heavy atom. The summed E-state index contributed by atoms with van der Waals surface area (Å²) in [4.78, 5) is 2.46. The molecule has 1 aliphatic rings. The summed E-state index contributed by atoms with van der Waals surface area (Å²) >= 11 is 0. The van der Waals surface area contributed by atoms with Gasteiger partial charge in [0.2, 0.25) is 0 Å². The highest BCUT2D eigenvalue weighted by molar-refractivity contribution is 5.94. The van der Waals surface area contributed by atoms with Gasteiger partial charge in [0, 0.05) is 17.1 Å². The number of aromatic nitrogens is 2. The molecular formula is C17H17N3. The Morgan fingerprint density at radius 1 is 1.10 bits per heavy atom. The Labute approximate surface area is 118 Å². The highest BCUT2D eigenvalue weighted by atomic mass is 15.2. The average Bonchev–Trinajstić information content (AvgIpc) is 2.96. The number of nitrogens with zero attached hydrogens (tertiary/aromatic N) is 2. The third kappa shape index (κ3) is 1.63. The molecule has 3 nitrogen and oxygen atoms in total. The van der Waals surface area contributed by atoms with E-state index in [1.165, 1.54) is 28.7 Å². The van der Waals surface area contributed by atoms with Crippen LogP contribution in [0.3, 0.4) is 0 Å². The van der Waals surface area contributed by atoms with E-state index < -0.39 is 0 Å². The second-order valence-corrected chi connectivity index (χ2v) is 5.49. The maximum atomic E-state index is 4.19. The molecule has 0 radical (unpaired) electrons. The minimum absolute atomic E-state index is 0.505. The van der Waals surface area contributed by atoms with Crippen molar-refractivity contribution in [3.05, 3.63) is 54.2 Å². The van der Waals surface area contributed by atoms with Crippen molar-refractivity contribution < 1.29 is 0 Å². The van der Waals surface area contributed by atoms with Gasteiger partial charge in [-0.2, -0.15) is 5.10 Å². The molecule has 3 heteroatoms. The van der Waals surface area contributed by atoms with Gasteiger partial charge in [0.25, 0.3) is 0 Å². The lowest BCUT2D eigenvalue weighted by atomic mass is 9.95. The lowest BCUT2D eigenvalue weighted by Crippen LogP contribution is -2.33. The van der Waals surface area contributed by atoms with Gasteiger partial charge >= 0.3 is 0 Å². The summed E-state index contributed by atoms with van der Waals surface area (Å²) in [6, 6.07) is 15.6. The molecule has 1 N–H and O–H groups in total. The van der Waals surface area contributed by atoms with Gasteiger partial charge in [-0.05, 0) is 43.5 Å². The third-order valence-corrected chi connectivity index (χ3v) is 4.24. The first-order valence-corrected chi connectivity index (χ1v) is 7.14. The summed E-state index contributed by atoms with van der Waals surface area (Å²) in [6.07, 6.45) is 4.27. The molecule has 4 rings (SSSR count). The Balaban J connectivity index is 1.95. The molecule has 0 saturated carbocycles. The van der Waals surface area contributed by atoms with E-state index in [-0.39, 0.29) is 0 Å². The number of benzene rings is 2. The van der Waals surface area contributed by atoms with E-state index >= 15 is 0 Å². The molecule has 1 aliphatic heterocycles. The fourth-order valence-electron chi connectivity index (χ4n) is 3.22. The summed E-state index contributed by atoms with van der Waals surface area (Å²) in [5.41, 5.74) is 5.11. The van der Waals surface area contributed by atoms with Crippen molar-refractivity contribution in [1.82, 2.24) is 10.2 Å². The molecule has 3 aromatic rings. The van der Waals surface area contributed by atoms with E-state index in [9.17, 15) is 0 Å². The topological polar surface area (TPSA) is 31.9 Å². The normalized spacial score (nSPS) is 18.2. The van der Waals surface area contributed by atoms with Crippen LogP contribution in [-0.2, 0) is 6.42 Å². The Morgan fingerprint density at radius 3 is 2.90 bits per heavy atom. The molecule has 1 unspecified atom stereocenters. The molecule has 0 saturated heterocycles. The Bertz CT molecular complexity index is 760. The molecule has 0 amide bonds. The van der Waals surface area contributed by atoms with Gasteiger partial charge in [-0.1, -0.05) is 24.3 Å². The van der Waals surface area contributed by atoms with Crippen LogP contribution in [0.15, 0.2) is 48.7 Å². The van der Waals surface area contributed by atoms with Crippen molar-refractivity contribution in [3.63, 3.8) is 0 Å². The first-order chi connectivity index (χ1) is 9.84. The highest BCUT2D eigenvalue weighted by Crippen LogP contribution is 2.39. The number of aryl methyl sites for hydroxylation is 1. The van der Waals surface area contributed by atoms with Crippen molar-refractivity contribution in [3.8, 4) is 0 Å². The van der Waals surface area contributed by atoms with Crippen molar-refractivity contribution >= 4 is 22.3 Å². The number of para-hydroxylation sites is 1. The SMILES string of the molecule is CC1CCc2ccccc2N1c1cccc2[nH]ncc12. The molecule has 1 atom stereocenters. The zero-order chi connectivity index (χ0) is 13.5. The fourth-order valence-corrected chi connectivity index (χ4v) is 3.22. The van der Waals surface area contributed by atoms with Crippen LogP contribution in [0.25, 0.3) is 10.9 Å². The van der Waals surface area contributed by atoms with Gasteiger partial charge in [-0.3, -0.25) is 5.10 Å². The number of rotatable bonds is 1. The second-order valence-electron chi connectivity index (χ2n) is 5.49. The molecule has 0 aliphatic carbocycles. The monoisotopic (exact) mass is 263 g/mol. The van der Waals surface area contributed by atoms with E-state index in [0.717, 1.165) is 11.9 Å². The van der Waals surface area contributed by atoms with Crippen molar-refractivity contribution in [2.24, 2.45) is 0 Å². The van der Waals surface area contributed by atoms with E-state index in [2.05, 4.69) is 64.5 Å². The summed E-state index contributed by atoms with van der Waals surface area (Å²) < 4.78 is 0. The number of aromatic amines is 1. The molecule has 0 spiro atoms. The number of hydrogen-bond donors (Lipinski definition) is 1. The molecule has 1 aromatic heterocycles. The van der Waals surface area contributed by atoms with Gasteiger partial charge in [-0.15, -0.1) is 0 Å². The van der Waals surface area contributed by atoms with Crippen LogP contribution >= 0.6 is 0 Å². The predicted octanol–water partition coefficient (Wildman–Crippen LogP) is 4.04. The fraction of sp³-hybridized carbons (Fsp3) is 0.235. The largest absolute Gasteiger partial charge is 0.338 e. The summed E-state index contributed by atoms with van der Waals surface area (Å²) in [6.45, 7) is 2.30. The quantitative estimate of drug-likeness (QED) is 0.718. The summed E-state index contributed by atoms with van der Waals surface area (Å²) in [5, 5.41) is 8.44. The van der Waals surface area contributed by atoms with Gasteiger partial charge in [-0.25, -0.2) is 0 Å². The highest BCUT2D eigenvalue weighted by Gasteiger charge is 2.25. The lowest BCUT2D eigenvalue weighted by molar-refractivity contribution is 0.619. The third-order valence-electron chi connectivity index (χ3n) is 4.24. The number of H-pyrrole nitrogens is 1. The summed E-state index contributed by atoms with van der Waals surface area (Å²) in [7, 11) is 0. The first kappa shape index (κ1) is 11.5. The maximum absolute atomic E-state index is 4.19. The van der Waals surface area contributed by atoms with Crippen molar-refractivity contribution in [1.29, 1.82) is 0 Å². The van der Waals surface area contributed by atoms with Gasteiger partial charge in [0.1, 0.15) is 0 Å². The van der Waals surface area contributed by atoms with Crippen molar-refractivity contribution in [2.75, 3.05) is 4.90 Å². The van der Waals surface area contributed by atoms with Gasteiger partial charge < -0.3 is 4.90 Å². The molecule has 20 heavy (non-hydrogen) atoms. The maximum Gasteiger partial charge on any atom is 0.0671 e. The molecule has 2 aromatic carbocycles. The Hall–Kier alpha value is -2.29. The lowest BCUT2D eigenvalue weighted by Gasteiger charge is -2.37. The first-order valence-electron chi connectivity index (χ1n) is 7.14. The van der Waals surface area contributed by atoms with Crippen LogP contribution in [-0.4, -0.2) is 16.2 Å². The van der Waals surface area contributed by atoms with Gasteiger partial charge in [0.15, 0.2) is 0 Å². The summed E-state index contributed by atoms with van der Waals surface area (Å²) in [5.74, 6) is 0. The molecule has 0 bridgehead atoms. The smallest absolute Gasteiger partial charge is 0.0671 e. The van der Waals surface area contributed by atoms with Gasteiger partial charge in [0.05, 0.1) is 17.4 Å². The Kier molecular flexibility index (Phi) is 2.52. The molecular weight excluding hydrogens is 246 g/mol. The molecule has 100 valence electrons. The number of fused-ring (bicyclic) bond motifs is 2.